The standard InChI is InChI=1S/C4H11NO.C4H10O2.C2H7N/c1-4(6)5(2)3;1-2-6-4-3-5;1-3-2/h4,6H,1-3H3;5H,2-4H2,1H3;3H,1-2H3. The molecular formula is C10H28N2O3. The first-order valence-corrected chi connectivity index (χ1v) is 5.09. The van der Waals surface area contributed by atoms with Crippen molar-refractivity contribution in [3.8, 4) is 0 Å². The smallest absolute Gasteiger partial charge is 0.104 e. The lowest BCUT2D eigenvalue weighted by Crippen LogP contribution is -2.23. The number of hydrogen-bond acceptors (Lipinski definition) is 5. The molecule has 5 nitrogen and oxygen atoms in total. The van der Waals surface area contributed by atoms with E-state index < -0.39 is 0 Å². The third-order valence-corrected chi connectivity index (χ3v) is 1.19. The van der Waals surface area contributed by atoms with Crippen LogP contribution in [0.25, 0.3) is 0 Å². The first-order valence-electron chi connectivity index (χ1n) is 5.09. The first-order chi connectivity index (χ1) is 6.97. The average Bonchev–Trinajstić information content (AvgIpc) is 2.16. The molecule has 5 heteroatoms. The van der Waals surface area contributed by atoms with Gasteiger partial charge in [-0.05, 0) is 42.0 Å². The minimum absolute atomic E-state index is 0.133. The summed E-state index contributed by atoms with van der Waals surface area (Å²) in [4.78, 5) is 1.72. The van der Waals surface area contributed by atoms with Crippen LogP contribution in [0.2, 0.25) is 0 Å². The molecule has 0 radical (unpaired) electrons. The second kappa shape index (κ2) is 19.4. The van der Waals surface area contributed by atoms with Crippen LogP contribution >= 0.6 is 0 Å². The molecule has 1 atom stereocenters. The van der Waals surface area contributed by atoms with E-state index in [0.717, 1.165) is 0 Å². The minimum Gasteiger partial charge on any atom is -0.394 e. The number of aliphatic hydroxyl groups is 2. The molecule has 0 bridgehead atoms. The summed E-state index contributed by atoms with van der Waals surface area (Å²) in [5, 5.41) is 19.4. The topological polar surface area (TPSA) is 65.0 Å². The predicted octanol–water partition coefficient (Wildman–Crippen LogP) is -0.263. The molecule has 3 N–H and O–H groups in total. The number of hydrogen-bond donors (Lipinski definition) is 3. The van der Waals surface area contributed by atoms with Crippen LogP contribution in [0.1, 0.15) is 13.8 Å². The third kappa shape index (κ3) is 41.6. The molecular weight excluding hydrogens is 196 g/mol. The zero-order valence-corrected chi connectivity index (χ0v) is 10.9. The van der Waals surface area contributed by atoms with Crippen LogP contribution in [0.5, 0.6) is 0 Å². The summed E-state index contributed by atoms with van der Waals surface area (Å²) in [5.41, 5.74) is 0. The van der Waals surface area contributed by atoms with Gasteiger partial charge in [-0.25, -0.2) is 0 Å². The summed E-state index contributed by atoms with van der Waals surface area (Å²) in [6.45, 7) is 4.92. The Labute approximate surface area is 94.0 Å². The molecule has 96 valence electrons. The molecule has 0 saturated carbocycles. The highest BCUT2D eigenvalue weighted by Gasteiger charge is 1.92. The second-order valence-corrected chi connectivity index (χ2v) is 3.02. The summed E-state index contributed by atoms with van der Waals surface area (Å²) < 4.78 is 4.73. The van der Waals surface area contributed by atoms with Gasteiger partial charge in [-0.2, -0.15) is 0 Å². The van der Waals surface area contributed by atoms with Gasteiger partial charge in [0.05, 0.1) is 13.2 Å². The molecule has 0 aromatic rings. The van der Waals surface area contributed by atoms with E-state index in [1.807, 2.05) is 35.1 Å². The Bertz CT molecular complexity index is 80.7. The zero-order valence-electron chi connectivity index (χ0n) is 10.9. The van der Waals surface area contributed by atoms with Gasteiger partial charge in [0.2, 0.25) is 0 Å². The third-order valence-electron chi connectivity index (χ3n) is 1.19. The Kier molecular flexibility index (Phi) is 26.2. The SMILES string of the molecule is CC(O)N(C)C.CCOCCO.CNC. The molecule has 15 heavy (non-hydrogen) atoms. The Balaban J connectivity index is -0.000000153. The van der Waals surface area contributed by atoms with Crippen LogP contribution in [0.15, 0.2) is 0 Å². The highest BCUT2D eigenvalue weighted by Crippen LogP contribution is 1.79. The summed E-state index contributed by atoms with van der Waals surface area (Å²) in [5.74, 6) is 0. The molecule has 0 aliphatic heterocycles. The van der Waals surface area contributed by atoms with E-state index in [4.69, 9.17) is 14.9 Å². The van der Waals surface area contributed by atoms with Gasteiger partial charge in [-0.1, -0.05) is 0 Å². The van der Waals surface area contributed by atoms with E-state index in [1.54, 1.807) is 11.8 Å². The minimum atomic E-state index is -0.315. The molecule has 0 rings (SSSR count). The van der Waals surface area contributed by atoms with Crippen LogP contribution in [0.4, 0.5) is 0 Å². The summed E-state index contributed by atoms with van der Waals surface area (Å²) in [7, 11) is 7.40. The van der Waals surface area contributed by atoms with E-state index in [-0.39, 0.29) is 12.8 Å². The summed E-state index contributed by atoms with van der Waals surface area (Å²) in [6.07, 6.45) is -0.315. The Morgan fingerprint density at radius 3 is 1.73 bits per heavy atom. The molecule has 0 amide bonds. The number of aliphatic hydroxyl groups excluding tert-OH is 2. The maximum Gasteiger partial charge on any atom is 0.104 e. The van der Waals surface area contributed by atoms with Gasteiger partial charge in [0, 0.05) is 6.61 Å². The van der Waals surface area contributed by atoms with Gasteiger partial charge in [0.25, 0.3) is 0 Å². The Morgan fingerprint density at radius 2 is 1.67 bits per heavy atom. The van der Waals surface area contributed by atoms with E-state index in [9.17, 15) is 0 Å². The van der Waals surface area contributed by atoms with Gasteiger partial charge in [-0.3, -0.25) is 4.90 Å². The highest BCUT2D eigenvalue weighted by atomic mass is 16.5. The van der Waals surface area contributed by atoms with Crippen molar-refractivity contribution in [2.45, 2.75) is 20.1 Å². The van der Waals surface area contributed by atoms with Gasteiger partial charge >= 0.3 is 0 Å². The number of nitrogens with one attached hydrogen (secondary N) is 1. The molecule has 0 saturated heterocycles. The highest BCUT2D eigenvalue weighted by molar-refractivity contribution is 4.35. The van der Waals surface area contributed by atoms with Crippen molar-refractivity contribution in [2.24, 2.45) is 0 Å². The van der Waals surface area contributed by atoms with Gasteiger partial charge in [0.1, 0.15) is 6.23 Å². The predicted molar refractivity (Wildman–Crippen MR) is 63.9 cm³/mol. The fourth-order valence-corrected chi connectivity index (χ4v) is 0.209. The number of rotatable bonds is 4. The molecule has 0 aliphatic rings. The maximum atomic E-state index is 8.56. The van der Waals surface area contributed by atoms with E-state index in [2.05, 4.69) is 5.32 Å². The van der Waals surface area contributed by atoms with Crippen LogP contribution in [0.3, 0.4) is 0 Å². The van der Waals surface area contributed by atoms with Crippen molar-refractivity contribution in [1.29, 1.82) is 0 Å². The molecule has 0 aliphatic carbocycles. The maximum absolute atomic E-state index is 8.56. The lowest BCUT2D eigenvalue weighted by molar-refractivity contribution is 0.0578. The van der Waals surface area contributed by atoms with Crippen molar-refractivity contribution >= 4 is 0 Å². The first kappa shape index (κ1) is 20.2. The molecule has 1 unspecified atom stereocenters. The van der Waals surface area contributed by atoms with E-state index >= 15 is 0 Å². The summed E-state index contributed by atoms with van der Waals surface area (Å²) in [6, 6.07) is 0. The van der Waals surface area contributed by atoms with Crippen molar-refractivity contribution in [2.75, 3.05) is 48.0 Å². The quantitative estimate of drug-likeness (QED) is 0.453. The molecule has 0 spiro atoms. The monoisotopic (exact) mass is 224 g/mol. The van der Waals surface area contributed by atoms with Crippen molar-refractivity contribution in [3.05, 3.63) is 0 Å². The van der Waals surface area contributed by atoms with Crippen molar-refractivity contribution in [1.82, 2.24) is 10.2 Å². The molecule has 0 fully saturated rings. The van der Waals surface area contributed by atoms with Gasteiger partial charge in [-0.15, -0.1) is 0 Å². The Morgan fingerprint density at radius 1 is 1.33 bits per heavy atom. The van der Waals surface area contributed by atoms with Crippen LogP contribution in [0, 0.1) is 0 Å². The molecule has 0 aromatic carbocycles. The molecule has 0 aromatic heterocycles. The van der Waals surface area contributed by atoms with E-state index in [0.29, 0.717) is 13.2 Å². The largest absolute Gasteiger partial charge is 0.394 e. The zero-order chi connectivity index (χ0) is 12.7. The fourth-order valence-electron chi connectivity index (χ4n) is 0.209. The Hall–Kier alpha value is -0.200. The van der Waals surface area contributed by atoms with Crippen molar-refractivity contribution < 1.29 is 14.9 Å². The van der Waals surface area contributed by atoms with E-state index in [1.165, 1.54) is 0 Å². The summed E-state index contributed by atoms with van der Waals surface area (Å²) >= 11 is 0. The van der Waals surface area contributed by atoms with Crippen LogP contribution in [-0.2, 0) is 4.74 Å². The van der Waals surface area contributed by atoms with Crippen LogP contribution < -0.4 is 5.32 Å². The lowest BCUT2D eigenvalue weighted by Gasteiger charge is -2.11. The second-order valence-electron chi connectivity index (χ2n) is 3.02. The average molecular weight is 224 g/mol. The molecule has 0 heterocycles. The lowest BCUT2D eigenvalue weighted by atomic mass is 10.6. The fraction of sp³-hybridized carbons (Fsp3) is 1.00. The normalized spacial score (nSPS) is 11.0. The number of nitrogens with zero attached hydrogens (tertiary/aromatic N) is 1. The van der Waals surface area contributed by atoms with Gasteiger partial charge in [0.15, 0.2) is 0 Å². The van der Waals surface area contributed by atoms with Gasteiger partial charge < -0.3 is 20.3 Å². The van der Waals surface area contributed by atoms with Crippen molar-refractivity contribution in [3.63, 3.8) is 0 Å². The number of ether oxygens (including phenoxy) is 1. The van der Waals surface area contributed by atoms with Crippen LogP contribution in [-0.4, -0.2) is 69.4 Å².